The van der Waals surface area contributed by atoms with Crippen molar-refractivity contribution in [2.24, 2.45) is 5.84 Å². The molecule has 0 unspecified atom stereocenters. The zero-order valence-electron chi connectivity index (χ0n) is 11.4. The van der Waals surface area contributed by atoms with Gasteiger partial charge >= 0.3 is 0 Å². The molecule has 1 heterocycles. The number of carbonyl (C=O) groups is 1. The highest BCUT2D eigenvalue weighted by Gasteiger charge is 2.04. The standard InChI is InChI=1S/C12H21N5O2/c1-3-16(2)10-8-12(19)17(14-9-10)7-5-4-6-11(18)15-13/h8-9H,3-7,13H2,1-2H3,(H,15,18). The fourth-order valence-corrected chi connectivity index (χ4v) is 1.60. The molecule has 1 amide bonds. The summed E-state index contributed by atoms with van der Waals surface area (Å²) in [4.78, 5) is 24.7. The Morgan fingerprint density at radius 1 is 1.53 bits per heavy atom. The second-order valence-electron chi connectivity index (χ2n) is 4.31. The number of rotatable bonds is 7. The van der Waals surface area contributed by atoms with E-state index in [-0.39, 0.29) is 11.5 Å². The van der Waals surface area contributed by atoms with Crippen LogP contribution < -0.4 is 21.7 Å². The second kappa shape index (κ2) is 7.52. The van der Waals surface area contributed by atoms with Crippen LogP contribution in [-0.4, -0.2) is 29.3 Å². The number of aromatic nitrogens is 2. The molecular weight excluding hydrogens is 246 g/mol. The Morgan fingerprint density at radius 2 is 2.26 bits per heavy atom. The maximum absolute atomic E-state index is 11.8. The van der Waals surface area contributed by atoms with Gasteiger partial charge in [0, 0.05) is 32.6 Å². The van der Waals surface area contributed by atoms with Crippen molar-refractivity contribution in [1.29, 1.82) is 0 Å². The van der Waals surface area contributed by atoms with Crippen LogP contribution in [0.4, 0.5) is 5.69 Å². The van der Waals surface area contributed by atoms with E-state index in [0.29, 0.717) is 25.8 Å². The lowest BCUT2D eigenvalue weighted by atomic mass is 10.2. The van der Waals surface area contributed by atoms with Crippen LogP contribution in [0.1, 0.15) is 26.2 Å². The number of aryl methyl sites for hydroxylation is 1. The Morgan fingerprint density at radius 3 is 2.84 bits per heavy atom. The minimum atomic E-state index is -0.194. The van der Waals surface area contributed by atoms with Gasteiger partial charge in [-0.2, -0.15) is 5.10 Å². The number of amides is 1. The summed E-state index contributed by atoms with van der Waals surface area (Å²) < 4.78 is 1.41. The third-order valence-electron chi connectivity index (χ3n) is 2.96. The number of nitrogens with zero attached hydrogens (tertiary/aromatic N) is 3. The van der Waals surface area contributed by atoms with Crippen LogP contribution in [0.3, 0.4) is 0 Å². The fourth-order valence-electron chi connectivity index (χ4n) is 1.60. The first-order valence-electron chi connectivity index (χ1n) is 6.36. The number of anilines is 1. The van der Waals surface area contributed by atoms with Crippen LogP contribution in [0.2, 0.25) is 0 Å². The van der Waals surface area contributed by atoms with E-state index in [1.165, 1.54) is 4.68 Å². The number of carbonyl (C=O) groups excluding carboxylic acids is 1. The van der Waals surface area contributed by atoms with Gasteiger partial charge in [-0.1, -0.05) is 0 Å². The molecular formula is C12H21N5O2. The molecule has 0 radical (unpaired) electrons. The minimum absolute atomic E-state index is 0.124. The van der Waals surface area contributed by atoms with Gasteiger partial charge in [-0.15, -0.1) is 0 Å². The molecule has 0 bridgehead atoms. The predicted octanol–water partition coefficient (Wildman–Crippen LogP) is -0.140. The highest BCUT2D eigenvalue weighted by molar-refractivity contribution is 5.75. The lowest BCUT2D eigenvalue weighted by molar-refractivity contribution is -0.121. The highest BCUT2D eigenvalue weighted by Crippen LogP contribution is 2.06. The van der Waals surface area contributed by atoms with Crippen molar-refractivity contribution in [3.63, 3.8) is 0 Å². The van der Waals surface area contributed by atoms with Crippen LogP contribution in [0.5, 0.6) is 0 Å². The minimum Gasteiger partial charge on any atom is -0.373 e. The molecule has 0 fully saturated rings. The van der Waals surface area contributed by atoms with Gasteiger partial charge in [0.15, 0.2) is 0 Å². The zero-order valence-corrected chi connectivity index (χ0v) is 11.4. The Hall–Kier alpha value is -1.89. The lowest BCUT2D eigenvalue weighted by Crippen LogP contribution is -2.30. The molecule has 0 aliphatic carbocycles. The highest BCUT2D eigenvalue weighted by atomic mass is 16.2. The summed E-state index contributed by atoms with van der Waals surface area (Å²) in [6, 6.07) is 1.57. The molecule has 3 N–H and O–H groups in total. The maximum atomic E-state index is 11.8. The van der Waals surface area contributed by atoms with E-state index in [0.717, 1.165) is 12.2 Å². The third kappa shape index (κ3) is 4.70. The summed E-state index contributed by atoms with van der Waals surface area (Å²) in [6.45, 7) is 3.33. The second-order valence-corrected chi connectivity index (χ2v) is 4.31. The molecule has 7 heteroatoms. The monoisotopic (exact) mass is 267 g/mol. The van der Waals surface area contributed by atoms with Gasteiger partial charge in [-0.25, -0.2) is 10.5 Å². The average molecular weight is 267 g/mol. The average Bonchev–Trinajstić information content (AvgIpc) is 2.43. The quantitative estimate of drug-likeness (QED) is 0.310. The Kier molecular flexibility index (Phi) is 6.01. The molecule has 0 aromatic carbocycles. The molecule has 0 aliphatic heterocycles. The van der Waals surface area contributed by atoms with Crippen molar-refractivity contribution in [2.75, 3.05) is 18.5 Å². The smallest absolute Gasteiger partial charge is 0.268 e. The molecule has 0 saturated heterocycles. The summed E-state index contributed by atoms with van der Waals surface area (Å²) in [5.74, 6) is 4.78. The van der Waals surface area contributed by atoms with Gasteiger partial charge < -0.3 is 4.90 Å². The van der Waals surface area contributed by atoms with Crippen LogP contribution in [0.15, 0.2) is 17.1 Å². The van der Waals surface area contributed by atoms with E-state index in [2.05, 4.69) is 10.5 Å². The first-order chi connectivity index (χ1) is 9.08. The largest absolute Gasteiger partial charge is 0.373 e. The first kappa shape index (κ1) is 15.2. The van der Waals surface area contributed by atoms with Crippen molar-refractivity contribution < 1.29 is 4.79 Å². The van der Waals surface area contributed by atoms with Crippen molar-refractivity contribution in [3.05, 3.63) is 22.6 Å². The van der Waals surface area contributed by atoms with Gasteiger partial charge in [-0.05, 0) is 19.8 Å². The van der Waals surface area contributed by atoms with E-state index in [1.807, 2.05) is 18.9 Å². The van der Waals surface area contributed by atoms with Crippen LogP contribution >= 0.6 is 0 Å². The van der Waals surface area contributed by atoms with Crippen molar-refractivity contribution in [3.8, 4) is 0 Å². The van der Waals surface area contributed by atoms with Crippen LogP contribution in [0.25, 0.3) is 0 Å². The molecule has 1 aromatic rings. The summed E-state index contributed by atoms with van der Waals surface area (Å²) in [5.41, 5.74) is 2.76. The molecule has 7 nitrogen and oxygen atoms in total. The Balaban J connectivity index is 2.51. The number of nitrogens with one attached hydrogen (secondary N) is 1. The fraction of sp³-hybridized carbons (Fsp3) is 0.583. The molecule has 19 heavy (non-hydrogen) atoms. The molecule has 1 rings (SSSR count). The van der Waals surface area contributed by atoms with Crippen molar-refractivity contribution in [1.82, 2.24) is 15.2 Å². The van der Waals surface area contributed by atoms with Gasteiger partial charge in [-0.3, -0.25) is 15.0 Å². The molecule has 1 aromatic heterocycles. The van der Waals surface area contributed by atoms with Crippen LogP contribution in [-0.2, 0) is 11.3 Å². The normalized spacial score (nSPS) is 10.3. The van der Waals surface area contributed by atoms with E-state index < -0.39 is 0 Å². The summed E-state index contributed by atoms with van der Waals surface area (Å²) in [7, 11) is 1.91. The first-order valence-corrected chi connectivity index (χ1v) is 6.36. The Bertz CT molecular complexity index is 471. The molecule has 0 aliphatic rings. The number of hydrazine groups is 1. The molecule has 0 atom stereocenters. The number of hydrogen-bond acceptors (Lipinski definition) is 5. The van der Waals surface area contributed by atoms with Gasteiger partial charge in [0.2, 0.25) is 5.91 Å². The summed E-state index contributed by atoms with van der Waals surface area (Å²) in [5, 5.41) is 4.12. The van der Waals surface area contributed by atoms with E-state index in [4.69, 9.17) is 5.84 Å². The summed E-state index contributed by atoms with van der Waals surface area (Å²) >= 11 is 0. The summed E-state index contributed by atoms with van der Waals surface area (Å²) in [6.07, 6.45) is 3.43. The van der Waals surface area contributed by atoms with Gasteiger partial charge in [0.1, 0.15) is 0 Å². The van der Waals surface area contributed by atoms with Crippen molar-refractivity contribution in [2.45, 2.75) is 32.7 Å². The molecule has 0 saturated carbocycles. The number of hydrogen-bond donors (Lipinski definition) is 2. The predicted molar refractivity (Wildman–Crippen MR) is 73.6 cm³/mol. The van der Waals surface area contributed by atoms with Crippen LogP contribution in [0, 0.1) is 0 Å². The van der Waals surface area contributed by atoms with Gasteiger partial charge in [0.25, 0.3) is 5.56 Å². The maximum Gasteiger partial charge on any atom is 0.268 e. The Labute approximate surface area is 112 Å². The molecule has 106 valence electrons. The zero-order chi connectivity index (χ0) is 14.3. The van der Waals surface area contributed by atoms with Crippen molar-refractivity contribution >= 4 is 11.6 Å². The van der Waals surface area contributed by atoms with E-state index >= 15 is 0 Å². The number of nitrogens with two attached hydrogens (primary N) is 1. The number of unbranched alkanes of at least 4 members (excludes halogenated alkanes) is 1. The third-order valence-corrected chi connectivity index (χ3v) is 2.96. The van der Waals surface area contributed by atoms with Gasteiger partial charge in [0.05, 0.1) is 11.9 Å². The topological polar surface area (TPSA) is 93.2 Å². The molecule has 0 spiro atoms. The van der Waals surface area contributed by atoms with E-state index in [1.54, 1.807) is 12.3 Å². The van der Waals surface area contributed by atoms with E-state index in [9.17, 15) is 9.59 Å². The lowest BCUT2D eigenvalue weighted by Gasteiger charge is -2.16. The SMILES string of the molecule is CCN(C)c1cnn(CCCCC(=O)NN)c(=O)c1.